The van der Waals surface area contributed by atoms with Crippen LogP contribution >= 0.6 is 0 Å². The molecule has 20 heavy (non-hydrogen) atoms. The van der Waals surface area contributed by atoms with Gasteiger partial charge in [-0.2, -0.15) is 8.42 Å². The Morgan fingerprint density at radius 3 is 1.50 bits per heavy atom. The Labute approximate surface area is 122 Å². The van der Waals surface area contributed by atoms with Crippen molar-refractivity contribution in [1.29, 1.82) is 0 Å². The second kappa shape index (κ2) is 9.91. The number of aryl methyl sites for hydroxylation is 2. The third-order valence-corrected chi connectivity index (χ3v) is 2.91. The van der Waals surface area contributed by atoms with E-state index in [0.717, 1.165) is 0 Å². The second-order valence-electron chi connectivity index (χ2n) is 4.75. The summed E-state index contributed by atoms with van der Waals surface area (Å²) in [4.78, 5) is 0. The number of hydrogen-bond donors (Lipinski definition) is 2. The lowest BCUT2D eigenvalue weighted by Crippen LogP contribution is -2.00. The SMILES string of the molecule is CCCc1cccc(CCC)c1CCC.O=S(=O)(O)O. The van der Waals surface area contributed by atoms with Crippen LogP contribution in [-0.2, 0) is 29.7 Å². The van der Waals surface area contributed by atoms with Crippen LogP contribution in [0.25, 0.3) is 0 Å². The van der Waals surface area contributed by atoms with Crippen molar-refractivity contribution < 1.29 is 17.5 Å². The zero-order valence-corrected chi connectivity index (χ0v) is 13.4. The van der Waals surface area contributed by atoms with Gasteiger partial charge in [-0.15, -0.1) is 0 Å². The molecule has 1 rings (SSSR count). The lowest BCUT2D eigenvalue weighted by Gasteiger charge is -2.13. The lowest BCUT2D eigenvalue weighted by molar-refractivity contribution is 0.381. The fourth-order valence-corrected chi connectivity index (χ4v) is 2.27. The van der Waals surface area contributed by atoms with Crippen LogP contribution < -0.4 is 0 Å². The molecule has 0 fully saturated rings. The van der Waals surface area contributed by atoms with Crippen LogP contribution in [0.2, 0.25) is 0 Å². The molecule has 0 saturated heterocycles. The Morgan fingerprint density at radius 2 is 1.20 bits per heavy atom. The average molecular weight is 302 g/mol. The maximum absolute atomic E-state index is 8.74. The van der Waals surface area contributed by atoms with Crippen LogP contribution in [0.3, 0.4) is 0 Å². The first-order valence-corrected chi connectivity index (χ1v) is 8.52. The first kappa shape index (κ1) is 19.1. The van der Waals surface area contributed by atoms with Gasteiger partial charge in [-0.05, 0) is 36.0 Å². The third kappa shape index (κ3) is 9.07. The van der Waals surface area contributed by atoms with Crippen LogP contribution in [0.1, 0.15) is 56.7 Å². The van der Waals surface area contributed by atoms with Crippen molar-refractivity contribution in [3.05, 3.63) is 34.9 Å². The highest BCUT2D eigenvalue weighted by molar-refractivity contribution is 7.79. The van der Waals surface area contributed by atoms with E-state index in [2.05, 4.69) is 39.0 Å². The van der Waals surface area contributed by atoms with Gasteiger partial charge in [0.1, 0.15) is 0 Å². The van der Waals surface area contributed by atoms with E-state index >= 15 is 0 Å². The molecule has 0 aliphatic carbocycles. The van der Waals surface area contributed by atoms with Gasteiger partial charge in [-0.25, -0.2) is 0 Å². The molecule has 0 radical (unpaired) electrons. The maximum atomic E-state index is 8.74. The van der Waals surface area contributed by atoms with Crippen molar-refractivity contribution >= 4 is 10.4 Å². The van der Waals surface area contributed by atoms with Gasteiger partial charge in [-0.1, -0.05) is 58.2 Å². The first-order chi connectivity index (χ1) is 9.33. The van der Waals surface area contributed by atoms with E-state index in [1.54, 1.807) is 16.7 Å². The van der Waals surface area contributed by atoms with Crippen LogP contribution in [0, 0.1) is 0 Å². The van der Waals surface area contributed by atoms with Crippen LogP contribution in [0.5, 0.6) is 0 Å². The predicted molar refractivity (Wildman–Crippen MR) is 82.6 cm³/mol. The molecule has 0 unspecified atom stereocenters. The van der Waals surface area contributed by atoms with Crippen molar-refractivity contribution in [2.45, 2.75) is 59.3 Å². The summed E-state index contributed by atoms with van der Waals surface area (Å²) in [5.74, 6) is 0. The summed E-state index contributed by atoms with van der Waals surface area (Å²) in [7, 11) is -4.67. The molecule has 1 aromatic rings. The van der Waals surface area contributed by atoms with Gasteiger partial charge >= 0.3 is 10.4 Å². The standard InChI is InChI=1S/C15H24.H2O4S/c1-4-8-13-11-7-12-14(9-5-2)15(13)10-6-3;1-5(2,3)4/h7,11-12H,4-6,8-10H2,1-3H3;(H2,1,2,3,4). The smallest absolute Gasteiger partial charge is 0.264 e. The van der Waals surface area contributed by atoms with Crippen molar-refractivity contribution in [3.63, 3.8) is 0 Å². The van der Waals surface area contributed by atoms with Gasteiger partial charge in [0.2, 0.25) is 0 Å². The number of benzene rings is 1. The highest BCUT2D eigenvalue weighted by atomic mass is 32.3. The van der Waals surface area contributed by atoms with E-state index in [-0.39, 0.29) is 0 Å². The van der Waals surface area contributed by atoms with Gasteiger partial charge < -0.3 is 0 Å². The minimum absolute atomic E-state index is 1.24. The normalized spacial score (nSPS) is 10.8. The molecule has 0 aliphatic heterocycles. The Hall–Kier alpha value is -0.910. The topological polar surface area (TPSA) is 74.6 Å². The molecule has 116 valence electrons. The van der Waals surface area contributed by atoms with Gasteiger partial charge in [-0.3, -0.25) is 9.11 Å². The fourth-order valence-electron chi connectivity index (χ4n) is 2.27. The maximum Gasteiger partial charge on any atom is 0.394 e. The minimum atomic E-state index is -4.67. The fraction of sp³-hybridized carbons (Fsp3) is 0.600. The molecule has 0 aromatic heterocycles. The molecule has 0 spiro atoms. The minimum Gasteiger partial charge on any atom is -0.264 e. The Bertz CT molecular complexity index is 448. The summed E-state index contributed by atoms with van der Waals surface area (Å²) in [6.07, 6.45) is 7.52. The highest BCUT2D eigenvalue weighted by Gasteiger charge is 2.05. The van der Waals surface area contributed by atoms with Gasteiger partial charge in [0.25, 0.3) is 0 Å². The molecule has 0 heterocycles. The van der Waals surface area contributed by atoms with Crippen LogP contribution in [0.4, 0.5) is 0 Å². The monoisotopic (exact) mass is 302 g/mol. The molecule has 4 nitrogen and oxygen atoms in total. The molecule has 0 atom stereocenters. The zero-order valence-electron chi connectivity index (χ0n) is 12.6. The van der Waals surface area contributed by atoms with E-state index in [1.165, 1.54) is 38.5 Å². The Morgan fingerprint density at radius 1 is 0.850 bits per heavy atom. The van der Waals surface area contributed by atoms with E-state index in [9.17, 15) is 0 Å². The van der Waals surface area contributed by atoms with E-state index < -0.39 is 10.4 Å². The molecule has 2 N–H and O–H groups in total. The van der Waals surface area contributed by atoms with E-state index in [4.69, 9.17) is 17.5 Å². The molecule has 0 saturated carbocycles. The summed E-state index contributed by atoms with van der Waals surface area (Å²) in [6.45, 7) is 6.81. The number of rotatable bonds is 6. The molecule has 0 bridgehead atoms. The van der Waals surface area contributed by atoms with Crippen LogP contribution in [-0.4, -0.2) is 17.5 Å². The quantitative estimate of drug-likeness (QED) is 0.782. The summed E-state index contributed by atoms with van der Waals surface area (Å²) in [5.41, 5.74) is 4.82. The summed E-state index contributed by atoms with van der Waals surface area (Å²) >= 11 is 0. The van der Waals surface area contributed by atoms with Gasteiger partial charge in [0, 0.05) is 0 Å². The molecule has 0 amide bonds. The average Bonchev–Trinajstić information content (AvgIpc) is 2.32. The predicted octanol–water partition coefficient (Wildman–Crippen LogP) is 3.89. The molecular weight excluding hydrogens is 276 g/mol. The number of hydrogen-bond acceptors (Lipinski definition) is 2. The summed E-state index contributed by atoms with van der Waals surface area (Å²) < 4.78 is 31.6. The van der Waals surface area contributed by atoms with Crippen molar-refractivity contribution in [2.75, 3.05) is 0 Å². The third-order valence-electron chi connectivity index (χ3n) is 2.91. The van der Waals surface area contributed by atoms with Gasteiger partial charge in [0.05, 0.1) is 0 Å². The highest BCUT2D eigenvalue weighted by Crippen LogP contribution is 2.20. The molecule has 0 aliphatic rings. The largest absolute Gasteiger partial charge is 0.394 e. The molecule has 5 heteroatoms. The molecular formula is C15H26O4S. The first-order valence-electron chi connectivity index (χ1n) is 7.12. The van der Waals surface area contributed by atoms with Crippen molar-refractivity contribution in [3.8, 4) is 0 Å². The van der Waals surface area contributed by atoms with Gasteiger partial charge in [0.15, 0.2) is 0 Å². The van der Waals surface area contributed by atoms with Crippen molar-refractivity contribution in [1.82, 2.24) is 0 Å². The lowest BCUT2D eigenvalue weighted by atomic mass is 9.92. The van der Waals surface area contributed by atoms with Crippen LogP contribution in [0.15, 0.2) is 18.2 Å². The van der Waals surface area contributed by atoms with Crippen molar-refractivity contribution in [2.24, 2.45) is 0 Å². The van der Waals surface area contributed by atoms with E-state index in [0.29, 0.717) is 0 Å². The zero-order chi connectivity index (χ0) is 15.6. The summed E-state index contributed by atoms with van der Waals surface area (Å²) in [6, 6.07) is 6.86. The summed E-state index contributed by atoms with van der Waals surface area (Å²) in [5, 5.41) is 0. The molecule has 1 aromatic carbocycles. The van der Waals surface area contributed by atoms with E-state index in [1.807, 2.05) is 0 Å². The Kier molecular flexibility index (Phi) is 9.46. The second-order valence-corrected chi connectivity index (χ2v) is 5.65. The Balaban J connectivity index is 0.000000621.